The van der Waals surface area contributed by atoms with Crippen molar-refractivity contribution >= 4 is 5.91 Å². The Labute approximate surface area is 124 Å². The minimum absolute atomic E-state index is 0.238. The van der Waals surface area contributed by atoms with Gasteiger partial charge in [0, 0.05) is 12.0 Å². The van der Waals surface area contributed by atoms with Crippen LogP contribution in [0, 0.1) is 17.8 Å². The first kappa shape index (κ1) is 15.8. The van der Waals surface area contributed by atoms with Crippen LogP contribution < -0.4 is 11.1 Å². The Bertz CT molecular complexity index is 299. The molecule has 0 aromatic carbocycles. The predicted octanol–water partition coefficient (Wildman–Crippen LogP) is 3.23. The Kier molecular flexibility index (Phi) is 6.34. The summed E-state index contributed by atoms with van der Waals surface area (Å²) in [5, 5.41) is 3.32. The van der Waals surface area contributed by atoms with Crippen LogP contribution in [0.5, 0.6) is 0 Å². The van der Waals surface area contributed by atoms with E-state index in [0.717, 1.165) is 31.6 Å². The van der Waals surface area contributed by atoms with Gasteiger partial charge >= 0.3 is 0 Å². The molecular formula is C17H32N2O. The van der Waals surface area contributed by atoms with Gasteiger partial charge < -0.3 is 11.1 Å². The lowest BCUT2D eigenvalue weighted by Crippen LogP contribution is -2.43. The van der Waals surface area contributed by atoms with Gasteiger partial charge in [0.2, 0.25) is 5.91 Å². The molecule has 0 heterocycles. The molecule has 2 saturated carbocycles. The molecule has 3 N–H and O–H groups in total. The topological polar surface area (TPSA) is 55.1 Å². The van der Waals surface area contributed by atoms with Crippen molar-refractivity contribution in [3.05, 3.63) is 0 Å². The zero-order valence-electron chi connectivity index (χ0n) is 13.1. The molecule has 2 fully saturated rings. The number of carbonyl (C=O) groups is 1. The molecular weight excluding hydrogens is 248 g/mol. The molecule has 2 rings (SSSR count). The van der Waals surface area contributed by atoms with Crippen molar-refractivity contribution in [2.45, 2.75) is 77.2 Å². The molecule has 2 aliphatic rings. The van der Waals surface area contributed by atoms with Crippen LogP contribution in [0.4, 0.5) is 0 Å². The monoisotopic (exact) mass is 280 g/mol. The summed E-state index contributed by atoms with van der Waals surface area (Å²) in [5.41, 5.74) is 5.82. The second-order valence-electron chi connectivity index (χ2n) is 6.91. The van der Waals surface area contributed by atoms with Gasteiger partial charge in [-0.1, -0.05) is 45.4 Å². The molecule has 3 nitrogen and oxygen atoms in total. The maximum Gasteiger partial charge on any atom is 0.223 e. The van der Waals surface area contributed by atoms with Crippen molar-refractivity contribution in [3.8, 4) is 0 Å². The Morgan fingerprint density at radius 1 is 1.20 bits per heavy atom. The summed E-state index contributed by atoms with van der Waals surface area (Å²) < 4.78 is 0. The molecule has 0 aromatic heterocycles. The average molecular weight is 280 g/mol. The minimum Gasteiger partial charge on any atom is -0.353 e. The normalized spacial score (nSPS) is 28.7. The lowest BCUT2D eigenvalue weighted by Gasteiger charge is -2.25. The van der Waals surface area contributed by atoms with E-state index in [0.29, 0.717) is 24.4 Å². The van der Waals surface area contributed by atoms with E-state index < -0.39 is 0 Å². The molecule has 20 heavy (non-hydrogen) atoms. The Morgan fingerprint density at radius 3 is 2.60 bits per heavy atom. The van der Waals surface area contributed by atoms with E-state index in [-0.39, 0.29) is 5.92 Å². The van der Waals surface area contributed by atoms with E-state index in [1.807, 2.05) is 0 Å². The first-order chi connectivity index (χ1) is 9.74. The number of hydrogen-bond donors (Lipinski definition) is 2. The third kappa shape index (κ3) is 4.21. The first-order valence-electron chi connectivity index (χ1n) is 8.75. The highest BCUT2D eigenvalue weighted by atomic mass is 16.1. The SMILES string of the molecule is CCCC(CC1CCCC1)C(=O)NC1CCCC1CN. The number of nitrogens with one attached hydrogen (secondary N) is 1. The van der Waals surface area contributed by atoms with Gasteiger partial charge in [-0.05, 0) is 44.1 Å². The van der Waals surface area contributed by atoms with Crippen molar-refractivity contribution in [2.24, 2.45) is 23.5 Å². The fourth-order valence-electron chi connectivity index (χ4n) is 4.16. The molecule has 2 aliphatic carbocycles. The van der Waals surface area contributed by atoms with Gasteiger partial charge in [-0.15, -0.1) is 0 Å². The summed E-state index contributed by atoms with van der Waals surface area (Å²) >= 11 is 0. The maximum absolute atomic E-state index is 12.6. The molecule has 0 saturated heterocycles. The third-order valence-corrected chi connectivity index (χ3v) is 5.39. The van der Waals surface area contributed by atoms with Gasteiger partial charge in [0.1, 0.15) is 0 Å². The standard InChI is InChI=1S/C17H32N2O/c1-2-6-14(11-13-7-3-4-8-13)17(20)19-16-10-5-9-15(16)12-18/h13-16H,2-12,18H2,1H3,(H,19,20). The van der Waals surface area contributed by atoms with Gasteiger partial charge in [-0.3, -0.25) is 4.79 Å². The molecule has 3 unspecified atom stereocenters. The summed E-state index contributed by atoms with van der Waals surface area (Å²) in [4.78, 5) is 12.6. The van der Waals surface area contributed by atoms with Crippen LogP contribution in [0.15, 0.2) is 0 Å². The average Bonchev–Trinajstić information content (AvgIpc) is 3.09. The third-order valence-electron chi connectivity index (χ3n) is 5.39. The van der Waals surface area contributed by atoms with Crippen molar-refractivity contribution in [1.82, 2.24) is 5.32 Å². The van der Waals surface area contributed by atoms with Crippen molar-refractivity contribution < 1.29 is 4.79 Å². The zero-order chi connectivity index (χ0) is 14.4. The Morgan fingerprint density at radius 2 is 1.95 bits per heavy atom. The maximum atomic E-state index is 12.6. The molecule has 0 aliphatic heterocycles. The van der Waals surface area contributed by atoms with E-state index >= 15 is 0 Å². The number of rotatable bonds is 7. The predicted molar refractivity (Wildman–Crippen MR) is 83.3 cm³/mol. The number of nitrogens with two attached hydrogens (primary N) is 1. The van der Waals surface area contributed by atoms with Crippen LogP contribution in [0.3, 0.4) is 0 Å². The Balaban J connectivity index is 1.85. The lowest BCUT2D eigenvalue weighted by atomic mass is 9.89. The van der Waals surface area contributed by atoms with Gasteiger partial charge in [0.25, 0.3) is 0 Å². The second-order valence-corrected chi connectivity index (χ2v) is 6.91. The minimum atomic E-state index is 0.238. The van der Waals surface area contributed by atoms with Crippen molar-refractivity contribution in [3.63, 3.8) is 0 Å². The molecule has 0 aromatic rings. The lowest BCUT2D eigenvalue weighted by molar-refractivity contribution is -0.126. The first-order valence-corrected chi connectivity index (χ1v) is 8.75. The van der Waals surface area contributed by atoms with E-state index in [1.54, 1.807) is 0 Å². The fourth-order valence-corrected chi connectivity index (χ4v) is 4.16. The van der Waals surface area contributed by atoms with E-state index in [9.17, 15) is 4.79 Å². The van der Waals surface area contributed by atoms with Crippen LogP contribution >= 0.6 is 0 Å². The van der Waals surface area contributed by atoms with Crippen LogP contribution in [0.25, 0.3) is 0 Å². The van der Waals surface area contributed by atoms with E-state index in [1.165, 1.54) is 38.5 Å². The van der Waals surface area contributed by atoms with Crippen LogP contribution in [0.1, 0.15) is 71.1 Å². The molecule has 0 spiro atoms. The van der Waals surface area contributed by atoms with E-state index in [4.69, 9.17) is 5.73 Å². The smallest absolute Gasteiger partial charge is 0.223 e. The van der Waals surface area contributed by atoms with E-state index in [2.05, 4.69) is 12.2 Å². The number of hydrogen-bond acceptors (Lipinski definition) is 2. The second kappa shape index (κ2) is 8.02. The van der Waals surface area contributed by atoms with Crippen LogP contribution in [0.2, 0.25) is 0 Å². The van der Waals surface area contributed by atoms with Gasteiger partial charge in [0.05, 0.1) is 0 Å². The molecule has 0 bridgehead atoms. The highest BCUT2D eigenvalue weighted by Crippen LogP contribution is 2.32. The zero-order valence-corrected chi connectivity index (χ0v) is 13.1. The molecule has 116 valence electrons. The summed E-state index contributed by atoms with van der Waals surface area (Å²) in [7, 11) is 0. The summed E-state index contributed by atoms with van der Waals surface area (Å²) in [6.07, 6.45) is 12.2. The largest absolute Gasteiger partial charge is 0.353 e. The highest BCUT2D eigenvalue weighted by Gasteiger charge is 2.30. The molecule has 3 heteroatoms. The molecule has 3 atom stereocenters. The van der Waals surface area contributed by atoms with Crippen molar-refractivity contribution in [1.29, 1.82) is 0 Å². The highest BCUT2D eigenvalue weighted by molar-refractivity contribution is 5.79. The Hall–Kier alpha value is -0.570. The van der Waals surface area contributed by atoms with Crippen LogP contribution in [-0.2, 0) is 4.79 Å². The summed E-state index contributed by atoms with van der Waals surface area (Å²) in [5.74, 6) is 1.85. The number of amides is 1. The van der Waals surface area contributed by atoms with Crippen molar-refractivity contribution in [2.75, 3.05) is 6.54 Å². The fraction of sp³-hybridized carbons (Fsp3) is 0.941. The van der Waals surface area contributed by atoms with Gasteiger partial charge in [0.15, 0.2) is 0 Å². The van der Waals surface area contributed by atoms with Crippen LogP contribution in [-0.4, -0.2) is 18.5 Å². The molecule has 0 radical (unpaired) electrons. The summed E-state index contributed by atoms with van der Waals surface area (Å²) in [6.45, 7) is 2.90. The summed E-state index contributed by atoms with van der Waals surface area (Å²) in [6, 6.07) is 0.343. The van der Waals surface area contributed by atoms with Gasteiger partial charge in [-0.2, -0.15) is 0 Å². The quantitative estimate of drug-likeness (QED) is 0.752. The molecule has 1 amide bonds. The number of carbonyl (C=O) groups excluding carboxylic acids is 1. The van der Waals surface area contributed by atoms with Gasteiger partial charge in [-0.25, -0.2) is 0 Å².